The third-order valence-electron chi connectivity index (χ3n) is 2.76. The van der Waals surface area contributed by atoms with Crippen LogP contribution in [0.25, 0.3) is 10.9 Å². The van der Waals surface area contributed by atoms with E-state index in [9.17, 15) is 0 Å². The number of nitrogens with zero attached hydrogens (tertiary/aromatic N) is 2. The number of rotatable bonds is 3. The van der Waals surface area contributed by atoms with Crippen LogP contribution in [0.2, 0.25) is 0 Å². The third-order valence-corrected chi connectivity index (χ3v) is 2.76. The smallest absolute Gasteiger partial charge is 0.135 e. The molecule has 5 nitrogen and oxygen atoms in total. The molecule has 0 amide bonds. The Balaban J connectivity index is 2.32. The lowest BCUT2D eigenvalue weighted by molar-refractivity contribution is 1.12. The number of nitrogens with one attached hydrogen (secondary N) is 2. The predicted octanol–water partition coefficient (Wildman–Crippen LogP) is 2.77. The molecule has 0 aliphatic rings. The van der Waals surface area contributed by atoms with Crippen molar-refractivity contribution in [3.8, 4) is 0 Å². The molecule has 2 rings (SSSR count). The van der Waals surface area contributed by atoms with Gasteiger partial charge in [0.2, 0.25) is 0 Å². The van der Waals surface area contributed by atoms with E-state index in [1.54, 1.807) is 6.20 Å². The first kappa shape index (κ1) is 12.9. The number of allylic oxidation sites excluding steroid dienone is 1. The van der Waals surface area contributed by atoms with Crippen LogP contribution in [-0.4, -0.2) is 16.0 Å². The summed E-state index contributed by atoms with van der Waals surface area (Å²) in [6.45, 7) is 7.52. The maximum atomic E-state index is 5.55. The normalized spacial score (nSPS) is 12.7. The average molecular weight is 255 g/mol. The summed E-state index contributed by atoms with van der Waals surface area (Å²) >= 11 is 0. The molecule has 19 heavy (non-hydrogen) atoms. The fourth-order valence-corrected chi connectivity index (χ4v) is 1.65. The molecule has 0 radical (unpaired) electrons. The summed E-state index contributed by atoms with van der Waals surface area (Å²) in [5.41, 5.74) is 8.47. The third kappa shape index (κ3) is 3.01. The van der Waals surface area contributed by atoms with Crippen molar-refractivity contribution >= 4 is 22.4 Å². The molecule has 0 atom stereocenters. The van der Waals surface area contributed by atoms with E-state index in [-0.39, 0.29) is 5.82 Å². The monoisotopic (exact) mass is 255 g/mol. The molecular weight excluding hydrogens is 238 g/mol. The Bertz CT molecular complexity index is 663. The number of aromatic nitrogens is 2. The van der Waals surface area contributed by atoms with E-state index >= 15 is 0 Å². The number of amidine groups is 1. The highest BCUT2D eigenvalue weighted by molar-refractivity contribution is 6.08. The predicted molar refractivity (Wildman–Crippen MR) is 79.9 cm³/mol. The fourth-order valence-electron chi connectivity index (χ4n) is 1.65. The number of nitrogens with two attached hydrogens (primary N) is 1. The van der Waals surface area contributed by atoms with Gasteiger partial charge in [0.15, 0.2) is 0 Å². The molecular formula is C14H17N5. The van der Waals surface area contributed by atoms with Gasteiger partial charge >= 0.3 is 0 Å². The van der Waals surface area contributed by atoms with Gasteiger partial charge in [0.05, 0.1) is 11.7 Å². The van der Waals surface area contributed by atoms with Gasteiger partial charge in [0, 0.05) is 11.1 Å². The molecule has 0 saturated carbocycles. The topological polar surface area (TPSA) is 79.1 Å². The Labute approximate surface area is 111 Å². The summed E-state index contributed by atoms with van der Waals surface area (Å²) in [6.07, 6.45) is 3.74. The highest BCUT2D eigenvalue weighted by atomic mass is 15.1. The number of H-pyrrole nitrogens is 1. The Morgan fingerprint density at radius 3 is 3.00 bits per heavy atom. The van der Waals surface area contributed by atoms with Crippen molar-refractivity contribution in [1.82, 2.24) is 10.2 Å². The quantitative estimate of drug-likeness (QED) is 0.583. The molecule has 1 aromatic heterocycles. The Morgan fingerprint density at radius 2 is 2.32 bits per heavy atom. The fraction of sp³-hybridized carbons (Fsp3) is 0.143. The van der Waals surface area contributed by atoms with Crippen LogP contribution in [0, 0.1) is 0 Å². The number of anilines is 1. The minimum absolute atomic E-state index is 0.271. The van der Waals surface area contributed by atoms with Crippen LogP contribution < -0.4 is 11.1 Å². The van der Waals surface area contributed by atoms with E-state index < -0.39 is 0 Å². The highest BCUT2D eigenvalue weighted by Crippen LogP contribution is 2.17. The second-order valence-corrected chi connectivity index (χ2v) is 4.22. The maximum absolute atomic E-state index is 5.55. The summed E-state index contributed by atoms with van der Waals surface area (Å²) in [6, 6.07) is 5.92. The van der Waals surface area contributed by atoms with Gasteiger partial charge in [-0.2, -0.15) is 5.10 Å². The standard InChI is InChI=1S/C14H17N5/c1-4-9(2)14(17-10(3)15)18-12-5-6-13-11(7-12)8-16-19-13/h4-8H,3,15H2,1-2H3,(H,16,19)(H,17,18)/b9-4-. The lowest BCUT2D eigenvalue weighted by atomic mass is 10.2. The van der Waals surface area contributed by atoms with Crippen molar-refractivity contribution in [2.75, 3.05) is 5.32 Å². The number of aromatic amines is 1. The van der Waals surface area contributed by atoms with Gasteiger partial charge < -0.3 is 11.1 Å². The van der Waals surface area contributed by atoms with Gasteiger partial charge in [-0.1, -0.05) is 12.7 Å². The molecule has 5 heteroatoms. The first-order valence-corrected chi connectivity index (χ1v) is 5.96. The molecule has 0 bridgehead atoms. The zero-order chi connectivity index (χ0) is 13.8. The Morgan fingerprint density at radius 1 is 1.53 bits per heavy atom. The molecule has 98 valence electrons. The van der Waals surface area contributed by atoms with Gasteiger partial charge in [0.1, 0.15) is 11.7 Å². The molecule has 0 saturated heterocycles. The van der Waals surface area contributed by atoms with Crippen molar-refractivity contribution in [3.05, 3.63) is 48.4 Å². The molecule has 0 unspecified atom stereocenters. The average Bonchev–Trinajstić information content (AvgIpc) is 2.84. The van der Waals surface area contributed by atoms with E-state index in [2.05, 4.69) is 27.1 Å². The molecule has 0 fully saturated rings. The summed E-state index contributed by atoms with van der Waals surface area (Å²) in [7, 11) is 0. The SMILES string of the molecule is C=C(N)/N=C(Nc1ccc2[nH]ncc2c1)\C(C)=C/C. The second-order valence-electron chi connectivity index (χ2n) is 4.22. The van der Waals surface area contributed by atoms with Crippen LogP contribution in [0.1, 0.15) is 13.8 Å². The molecule has 0 spiro atoms. The van der Waals surface area contributed by atoms with Gasteiger partial charge in [-0.25, -0.2) is 4.99 Å². The van der Waals surface area contributed by atoms with Gasteiger partial charge in [0.25, 0.3) is 0 Å². The number of hydrogen-bond acceptors (Lipinski definition) is 3. The van der Waals surface area contributed by atoms with Crippen molar-refractivity contribution in [2.45, 2.75) is 13.8 Å². The molecule has 0 aliphatic heterocycles. The van der Waals surface area contributed by atoms with Crippen LogP contribution >= 0.6 is 0 Å². The van der Waals surface area contributed by atoms with E-state index in [0.717, 1.165) is 22.2 Å². The van der Waals surface area contributed by atoms with Crippen LogP contribution in [0.15, 0.2) is 53.4 Å². The molecule has 1 heterocycles. The van der Waals surface area contributed by atoms with Crippen LogP contribution in [0.4, 0.5) is 5.69 Å². The number of hydrogen-bond donors (Lipinski definition) is 3. The van der Waals surface area contributed by atoms with Crippen molar-refractivity contribution in [3.63, 3.8) is 0 Å². The number of aliphatic imine (C=N–C) groups is 1. The van der Waals surface area contributed by atoms with Crippen molar-refractivity contribution < 1.29 is 0 Å². The van der Waals surface area contributed by atoms with E-state index in [1.807, 2.05) is 38.1 Å². The van der Waals surface area contributed by atoms with Crippen molar-refractivity contribution in [2.24, 2.45) is 10.7 Å². The first-order valence-electron chi connectivity index (χ1n) is 5.96. The van der Waals surface area contributed by atoms with E-state index in [0.29, 0.717) is 5.84 Å². The zero-order valence-electron chi connectivity index (χ0n) is 11.1. The van der Waals surface area contributed by atoms with Crippen molar-refractivity contribution in [1.29, 1.82) is 0 Å². The second kappa shape index (κ2) is 5.39. The summed E-state index contributed by atoms with van der Waals surface area (Å²) in [4.78, 5) is 4.21. The molecule has 0 aliphatic carbocycles. The van der Waals surface area contributed by atoms with Crippen LogP contribution in [0.3, 0.4) is 0 Å². The maximum Gasteiger partial charge on any atom is 0.135 e. The largest absolute Gasteiger partial charge is 0.384 e. The summed E-state index contributed by atoms with van der Waals surface area (Å²) in [5, 5.41) is 11.2. The Hall–Kier alpha value is -2.56. The van der Waals surface area contributed by atoms with E-state index in [4.69, 9.17) is 5.73 Å². The number of benzene rings is 1. The molecule has 2 aromatic rings. The lowest BCUT2D eigenvalue weighted by Gasteiger charge is -2.10. The minimum Gasteiger partial charge on any atom is -0.384 e. The van der Waals surface area contributed by atoms with Gasteiger partial charge in [-0.15, -0.1) is 0 Å². The van der Waals surface area contributed by atoms with Crippen LogP contribution in [-0.2, 0) is 0 Å². The highest BCUT2D eigenvalue weighted by Gasteiger charge is 2.04. The number of fused-ring (bicyclic) bond motifs is 1. The lowest BCUT2D eigenvalue weighted by Crippen LogP contribution is -2.15. The minimum atomic E-state index is 0.271. The molecule has 4 N–H and O–H groups in total. The summed E-state index contributed by atoms with van der Waals surface area (Å²) in [5.74, 6) is 0.964. The molecule has 1 aromatic carbocycles. The van der Waals surface area contributed by atoms with E-state index in [1.165, 1.54) is 0 Å². The zero-order valence-corrected chi connectivity index (χ0v) is 11.1. The van der Waals surface area contributed by atoms with Crippen LogP contribution in [0.5, 0.6) is 0 Å². The van der Waals surface area contributed by atoms with Gasteiger partial charge in [-0.3, -0.25) is 5.10 Å². The van der Waals surface area contributed by atoms with Gasteiger partial charge in [-0.05, 0) is 37.6 Å². The Kier molecular flexibility index (Phi) is 3.66. The first-order chi connectivity index (χ1) is 9.10. The summed E-state index contributed by atoms with van der Waals surface area (Å²) < 4.78 is 0.